The summed E-state index contributed by atoms with van der Waals surface area (Å²) < 4.78 is 5.08. The van der Waals surface area contributed by atoms with E-state index in [0.29, 0.717) is 6.61 Å². The summed E-state index contributed by atoms with van der Waals surface area (Å²) in [6.45, 7) is 4.47. The number of carbonyl (C=O) groups excluding carboxylic acids is 1. The van der Waals surface area contributed by atoms with Crippen LogP contribution in [0.4, 0.5) is 0 Å². The predicted molar refractivity (Wildman–Crippen MR) is 86.2 cm³/mol. The number of unbranched alkanes of at least 4 members (excludes halogenated alkanes) is 8. The van der Waals surface area contributed by atoms with E-state index in [9.17, 15) is 9.90 Å². The van der Waals surface area contributed by atoms with E-state index in [1.807, 2.05) is 6.92 Å². The molecule has 0 bridgehead atoms. The molecule has 1 aliphatic rings. The number of rotatable bonds is 13. The molecule has 0 spiro atoms. The van der Waals surface area contributed by atoms with Gasteiger partial charge in [-0.15, -0.1) is 0 Å². The van der Waals surface area contributed by atoms with Gasteiger partial charge in [0.1, 0.15) is 0 Å². The smallest absolute Gasteiger partial charge is 0.314 e. The molecule has 3 nitrogen and oxygen atoms in total. The summed E-state index contributed by atoms with van der Waals surface area (Å²) in [6, 6.07) is 0. The first-order valence-corrected chi connectivity index (χ1v) is 9.02. The van der Waals surface area contributed by atoms with Gasteiger partial charge in [0.25, 0.3) is 0 Å². The lowest BCUT2D eigenvalue weighted by atomic mass is 9.94. The van der Waals surface area contributed by atoms with Crippen molar-refractivity contribution < 1.29 is 14.6 Å². The van der Waals surface area contributed by atoms with Gasteiger partial charge < -0.3 is 9.84 Å². The van der Waals surface area contributed by atoms with Crippen molar-refractivity contribution in [3.8, 4) is 0 Å². The third kappa shape index (κ3) is 6.37. The normalized spacial score (nSPS) is 17.5. The lowest BCUT2D eigenvalue weighted by molar-refractivity contribution is -0.154. The van der Waals surface area contributed by atoms with Gasteiger partial charge in [0, 0.05) is 0 Å². The van der Waals surface area contributed by atoms with E-state index in [1.165, 1.54) is 51.4 Å². The van der Waals surface area contributed by atoms with Crippen LogP contribution >= 0.6 is 0 Å². The average Bonchev–Trinajstić information content (AvgIpc) is 3.27. The fourth-order valence-electron chi connectivity index (χ4n) is 3.01. The van der Waals surface area contributed by atoms with E-state index < -0.39 is 11.5 Å². The third-order valence-corrected chi connectivity index (χ3v) is 4.69. The number of aliphatic hydroxyl groups is 1. The molecule has 0 aromatic heterocycles. The van der Waals surface area contributed by atoms with Crippen molar-refractivity contribution in [1.29, 1.82) is 0 Å². The molecule has 1 N–H and O–H groups in total. The Bertz CT molecular complexity index is 284. The van der Waals surface area contributed by atoms with Crippen LogP contribution in [0.3, 0.4) is 0 Å². The Labute approximate surface area is 130 Å². The quantitative estimate of drug-likeness (QED) is 0.399. The zero-order valence-corrected chi connectivity index (χ0v) is 14.0. The predicted octanol–water partition coefficient (Wildman–Crippen LogP) is 4.61. The van der Waals surface area contributed by atoms with Crippen molar-refractivity contribution >= 4 is 5.97 Å². The molecule has 0 amide bonds. The van der Waals surface area contributed by atoms with Crippen LogP contribution in [0, 0.1) is 5.41 Å². The molecular formula is C18H34O3. The SMILES string of the molecule is CCCCCCCCCCCC(O)C1(C(=O)OCC)CC1. The molecular weight excluding hydrogens is 264 g/mol. The molecule has 1 saturated carbocycles. The largest absolute Gasteiger partial charge is 0.465 e. The molecule has 124 valence electrons. The van der Waals surface area contributed by atoms with Crippen LogP contribution < -0.4 is 0 Å². The number of ether oxygens (including phenoxy) is 1. The summed E-state index contributed by atoms with van der Waals surface area (Å²) in [5, 5.41) is 10.2. The van der Waals surface area contributed by atoms with Gasteiger partial charge in [0.05, 0.1) is 18.1 Å². The maximum Gasteiger partial charge on any atom is 0.314 e. The number of hydrogen-bond donors (Lipinski definition) is 1. The lowest BCUT2D eigenvalue weighted by Gasteiger charge is -2.20. The minimum atomic E-state index is -0.545. The highest BCUT2D eigenvalue weighted by Gasteiger charge is 2.56. The number of esters is 1. The van der Waals surface area contributed by atoms with Gasteiger partial charge in [-0.05, 0) is 26.2 Å². The summed E-state index contributed by atoms with van der Waals surface area (Å²) in [5.41, 5.74) is -0.545. The highest BCUT2D eigenvalue weighted by molar-refractivity contribution is 5.80. The van der Waals surface area contributed by atoms with Crippen LogP contribution in [0.1, 0.15) is 90.9 Å². The molecule has 0 radical (unpaired) electrons. The molecule has 3 heteroatoms. The third-order valence-electron chi connectivity index (χ3n) is 4.69. The zero-order chi connectivity index (χ0) is 15.6. The zero-order valence-electron chi connectivity index (χ0n) is 14.0. The Balaban J connectivity index is 2.01. The van der Waals surface area contributed by atoms with E-state index >= 15 is 0 Å². The molecule has 0 aromatic rings. The van der Waals surface area contributed by atoms with Crippen LogP contribution in [0.5, 0.6) is 0 Å². The minimum Gasteiger partial charge on any atom is -0.465 e. The van der Waals surface area contributed by atoms with Crippen LogP contribution in [-0.2, 0) is 9.53 Å². The van der Waals surface area contributed by atoms with Gasteiger partial charge in [-0.3, -0.25) is 4.79 Å². The Hall–Kier alpha value is -0.570. The first kappa shape index (κ1) is 18.5. The second-order valence-electron chi connectivity index (χ2n) is 6.51. The molecule has 21 heavy (non-hydrogen) atoms. The number of aliphatic hydroxyl groups excluding tert-OH is 1. The first-order valence-electron chi connectivity index (χ1n) is 9.02. The Morgan fingerprint density at radius 1 is 1.00 bits per heavy atom. The van der Waals surface area contributed by atoms with Crippen LogP contribution in [-0.4, -0.2) is 23.8 Å². The fourth-order valence-corrected chi connectivity index (χ4v) is 3.01. The molecule has 0 aliphatic heterocycles. The van der Waals surface area contributed by atoms with Gasteiger partial charge in [-0.1, -0.05) is 64.7 Å². The summed E-state index contributed by atoms with van der Waals surface area (Å²) >= 11 is 0. The topological polar surface area (TPSA) is 46.5 Å². The summed E-state index contributed by atoms with van der Waals surface area (Å²) in [7, 11) is 0. The molecule has 0 aromatic carbocycles. The van der Waals surface area contributed by atoms with E-state index in [1.54, 1.807) is 0 Å². The highest BCUT2D eigenvalue weighted by Crippen LogP contribution is 2.51. The highest BCUT2D eigenvalue weighted by atomic mass is 16.5. The van der Waals surface area contributed by atoms with Gasteiger partial charge in [-0.2, -0.15) is 0 Å². The Kier molecular flexibility index (Phi) is 8.98. The second kappa shape index (κ2) is 10.2. The van der Waals surface area contributed by atoms with Crippen molar-refractivity contribution in [2.75, 3.05) is 6.61 Å². The van der Waals surface area contributed by atoms with Crippen molar-refractivity contribution in [3.63, 3.8) is 0 Å². The van der Waals surface area contributed by atoms with Crippen molar-refractivity contribution in [1.82, 2.24) is 0 Å². The summed E-state index contributed by atoms with van der Waals surface area (Å²) in [6.07, 6.45) is 13.3. The number of hydrogen-bond acceptors (Lipinski definition) is 3. The van der Waals surface area contributed by atoms with Crippen molar-refractivity contribution in [2.24, 2.45) is 5.41 Å². The van der Waals surface area contributed by atoms with E-state index in [2.05, 4.69) is 6.92 Å². The maximum atomic E-state index is 11.8. The maximum absolute atomic E-state index is 11.8. The van der Waals surface area contributed by atoms with E-state index in [-0.39, 0.29) is 5.97 Å². The summed E-state index contributed by atoms with van der Waals surface area (Å²) in [5.74, 6) is -0.187. The monoisotopic (exact) mass is 298 g/mol. The van der Waals surface area contributed by atoms with Crippen LogP contribution in [0.25, 0.3) is 0 Å². The molecule has 1 atom stereocenters. The number of carbonyl (C=O) groups is 1. The van der Waals surface area contributed by atoms with Gasteiger partial charge in [0.2, 0.25) is 0 Å². The summed E-state index contributed by atoms with van der Waals surface area (Å²) in [4.78, 5) is 11.8. The molecule has 1 fully saturated rings. The Morgan fingerprint density at radius 3 is 2.00 bits per heavy atom. The fraction of sp³-hybridized carbons (Fsp3) is 0.944. The second-order valence-corrected chi connectivity index (χ2v) is 6.51. The van der Waals surface area contributed by atoms with Crippen LogP contribution in [0.2, 0.25) is 0 Å². The van der Waals surface area contributed by atoms with E-state index in [4.69, 9.17) is 4.74 Å². The average molecular weight is 298 g/mol. The molecule has 0 heterocycles. The van der Waals surface area contributed by atoms with Crippen LogP contribution in [0.15, 0.2) is 0 Å². The molecule has 1 rings (SSSR count). The molecule has 0 saturated heterocycles. The molecule has 1 unspecified atom stereocenters. The lowest BCUT2D eigenvalue weighted by Crippen LogP contribution is -2.31. The van der Waals surface area contributed by atoms with E-state index in [0.717, 1.165) is 25.7 Å². The standard InChI is InChI=1S/C18H34O3/c1-3-5-6-7-8-9-10-11-12-13-16(19)18(14-15-18)17(20)21-4-2/h16,19H,3-15H2,1-2H3. The van der Waals surface area contributed by atoms with Gasteiger partial charge in [-0.25, -0.2) is 0 Å². The minimum absolute atomic E-state index is 0.187. The van der Waals surface area contributed by atoms with Gasteiger partial charge in [0.15, 0.2) is 0 Å². The van der Waals surface area contributed by atoms with Crippen molar-refractivity contribution in [3.05, 3.63) is 0 Å². The van der Waals surface area contributed by atoms with Crippen molar-refractivity contribution in [2.45, 2.75) is 97.0 Å². The Morgan fingerprint density at radius 2 is 1.52 bits per heavy atom. The van der Waals surface area contributed by atoms with Gasteiger partial charge >= 0.3 is 5.97 Å². The molecule has 1 aliphatic carbocycles. The first-order chi connectivity index (χ1) is 10.2.